The van der Waals surface area contributed by atoms with Gasteiger partial charge in [-0.05, 0) is 51.5 Å². The number of nitrogens with one attached hydrogen (secondary N) is 1. The van der Waals surface area contributed by atoms with Crippen LogP contribution >= 0.6 is 0 Å². The van der Waals surface area contributed by atoms with Crippen molar-refractivity contribution in [2.24, 2.45) is 5.92 Å². The van der Waals surface area contributed by atoms with Crippen LogP contribution in [0.4, 0.5) is 5.69 Å². The van der Waals surface area contributed by atoms with Crippen LogP contribution in [0.15, 0.2) is 12.3 Å². The van der Waals surface area contributed by atoms with Crippen molar-refractivity contribution < 1.29 is 14.3 Å². The molecule has 0 radical (unpaired) electrons. The fourth-order valence-electron chi connectivity index (χ4n) is 2.55. The van der Waals surface area contributed by atoms with Crippen molar-refractivity contribution in [3.05, 3.63) is 17.8 Å². The second kappa shape index (κ2) is 7.77. The Labute approximate surface area is 138 Å². The van der Waals surface area contributed by atoms with Crippen LogP contribution in [0.3, 0.4) is 0 Å². The second-order valence-corrected chi connectivity index (χ2v) is 6.38. The number of amides is 1. The average molecular weight is 320 g/mol. The molecule has 5 nitrogen and oxygen atoms in total. The zero-order valence-corrected chi connectivity index (χ0v) is 14.6. The Morgan fingerprint density at radius 3 is 2.61 bits per heavy atom. The van der Waals surface area contributed by atoms with Gasteiger partial charge in [0.05, 0.1) is 18.5 Å². The highest BCUT2D eigenvalue weighted by Gasteiger charge is 2.48. The summed E-state index contributed by atoms with van der Waals surface area (Å²) in [7, 11) is 0. The third-order valence-electron chi connectivity index (χ3n) is 4.14. The quantitative estimate of drug-likeness (QED) is 0.753. The van der Waals surface area contributed by atoms with Crippen LogP contribution in [0.25, 0.3) is 0 Å². The number of pyridine rings is 1. The Morgan fingerprint density at radius 2 is 2.04 bits per heavy atom. The van der Waals surface area contributed by atoms with Crippen molar-refractivity contribution in [1.29, 1.82) is 0 Å². The Kier molecular flexibility index (Phi) is 5.99. The summed E-state index contributed by atoms with van der Waals surface area (Å²) >= 11 is 0. The highest BCUT2D eigenvalue weighted by atomic mass is 16.5. The second-order valence-electron chi connectivity index (χ2n) is 6.38. The lowest BCUT2D eigenvalue weighted by atomic mass is 9.98. The summed E-state index contributed by atoms with van der Waals surface area (Å²) < 4.78 is 11.5. The first-order chi connectivity index (χ1) is 11.0. The van der Waals surface area contributed by atoms with E-state index in [1.165, 1.54) is 0 Å². The fourth-order valence-corrected chi connectivity index (χ4v) is 2.55. The van der Waals surface area contributed by atoms with Crippen LogP contribution in [0, 0.1) is 12.8 Å². The van der Waals surface area contributed by atoms with Gasteiger partial charge in [0.25, 0.3) is 5.91 Å². The van der Waals surface area contributed by atoms with Crippen molar-refractivity contribution in [2.45, 2.75) is 59.0 Å². The summed E-state index contributed by atoms with van der Waals surface area (Å²) in [5, 5.41) is 2.95. The van der Waals surface area contributed by atoms with Gasteiger partial charge in [0.2, 0.25) is 5.88 Å². The van der Waals surface area contributed by atoms with Gasteiger partial charge in [0.15, 0.2) is 0 Å². The first-order valence-corrected chi connectivity index (χ1v) is 8.56. The molecule has 0 spiro atoms. The van der Waals surface area contributed by atoms with Crippen LogP contribution in [-0.2, 0) is 9.53 Å². The molecule has 1 aromatic rings. The van der Waals surface area contributed by atoms with Crippen LogP contribution < -0.4 is 10.1 Å². The molecule has 0 aromatic carbocycles. The summed E-state index contributed by atoms with van der Waals surface area (Å²) in [6, 6.07) is 1.89. The van der Waals surface area contributed by atoms with Crippen LogP contribution in [0.2, 0.25) is 0 Å². The zero-order chi connectivity index (χ0) is 16.9. The van der Waals surface area contributed by atoms with Crippen molar-refractivity contribution in [3.63, 3.8) is 0 Å². The van der Waals surface area contributed by atoms with E-state index in [2.05, 4.69) is 17.2 Å². The van der Waals surface area contributed by atoms with Crippen LogP contribution in [-0.4, -0.2) is 29.7 Å². The maximum Gasteiger partial charge on any atom is 0.256 e. The minimum Gasteiger partial charge on any atom is -0.477 e. The molecule has 0 saturated heterocycles. The van der Waals surface area contributed by atoms with Crippen molar-refractivity contribution in [3.8, 4) is 5.88 Å². The monoisotopic (exact) mass is 320 g/mol. The first kappa shape index (κ1) is 17.7. The Balaban J connectivity index is 2.05. The highest BCUT2D eigenvalue weighted by Crippen LogP contribution is 2.42. The molecule has 5 heteroatoms. The lowest BCUT2D eigenvalue weighted by Crippen LogP contribution is -2.45. The Hall–Kier alpha value is -1.62. The predicted molar refractivity (Wildman–Crippen MR) is 90.8 cm³/mol. The van der Waals surface area contributed by atoms with Crippen molar-refractivity contribution in [1.82, 2.24) is 4.98 Å². The molecular formula is C18H28N2O3. The summed E-state index contributed by atoms with van der Waals surface area (Å²) in [5.41, 5.74) is 0.851. The van der Waals surface area contributed by atoms with Crippen LogP contribution in [0.5, 0.6) is 5.88 Å². The van der Waals surface area contributed by atoms with Gasteiger partial charge < -0.3 is 14.8 Å². The summed E-state index contributed by atoms with van der Waals surface area (Å²) in [5.74, 6) is 0.851. The van der Waals surface area contributed by atoms with Gasteiger partial charge in [0, 0.05) is 12.2 Å². The number of hydrogen-bond acceptors (Lipinski definition) is 4. The largest absolute Gasteiger partial charge is 0.477 e. The summed E-state index contributed by atoms with van der Waals surface area (Å²) in [6.45, 7) is 9.17. The number of nitrogens with zero attached hydrogens (tertiary/aromatic N) is 1. The van der Waals surface area contributed by atoms with E-state index in [4.69, 9.17) is 9.47 Å². The molecule has 0 unspecified atom stereocenters. The number of carbonyl (C=O) groups is 1. The maximum atomic E-state index is 12.7. The Morgan fingerprint density at radius 1 is 1.35 bits per heavy atom. The smallest absolute Gasteiger partial charge is 0.256 e. The van der Waals surface area contributed by atoms with E-state index in [0.717, 1.165) is 31.2 Å². The van der Waals surface area contributed by atoms with E-state index in [1.54, 1.807) is 6.20 Å². The molecule has 1 aliphatic carbocycles. The normalized spacial score (nSPS) is 16.7. The van der Waals surface area contributed by atoms with Gasteiger partial charge in [0.1, 0.15) is 5.60 Å². The van der Waals surface area contributed by atoms with E-state index in [-0.39, 0.29) is 5.91 Å². The molecule has 1 fully saturated rings. The number of rotatable bonds is 9. The van der Waals surface area contributed by atoms with Gasteiger partial charge in [-0.15, -0.1) is 0 Å². The molecule has 128 valence electrons. The fraction of sp³-hybridized carbons (Fsp3) is 0.667. The molecule has 0 aliphatic heterocycles. The van der Waals surface area contributed by atoms with Crippen molar-refractivity contribution in [2.75, 3.05) is 18.5 Å². The molecular weight excluding hydrogens is 292 g/mol. The number of aryl methyl sites for hydroxylation is 1. The van der Waals surface area contributed by atoms with E-state index in [1.807, 2.05) is 26.8 Å². The van der Waals surface area contributed by atoms with Crippen LogP contribution in [0.1, 0.15) is 52.0 Å². The summed E-state index contributed by atoms with van der Waals surface area (Å²) in [6.07, 6.45) is 5.58. The molecule has 23 heavy (non-hydrogen) atoms. The molecule has 0 bridgehead atoms. The number of hydrogen-bond donors (Lipinski definition) is 1. The molecule has 1 heterocycles. The van der Waals surface area contributed by atoms with E-state index >= 15 is 0 Å². The molecule has 1 aliphatic rings. The topological polar surface area (TPSA) is 60.5 Å². The van der Waals surface area contributed by atoms with Crippen molar-refractivity contribution >= 4 is 11.6 Å². The standard InChI is InChI=1S/C18H28N2O3/c1-5-9-22-16-13(3)11-15(12-19-16)20-17(21)18(4,14-7-8-14)23-10-6-2/h11-12,14H,5-10H2,1-4H3,(H,20,21)/t18-/m0/s1. The molecule has 1 atom stereocenters. The zero-order valence-electron chi connectivity index (χ0n) is 14.6. The number of anilines is 1. The highest BCUT2D eigenvalue weighted by molar-refractivity contribution is 5.97. The molecule has 2 rings (SSSR count). The molecule has 1 aromatic heterocycles. The van der Waals surface area contributed by atoms with Gasteiger partial charge in [-0.2, -0.15) is 0 Å². The van der Waals surface area contributed by atoms with Gasteiger partial charge in [-0.25, -0.2) is 4.98 Å². The number of aromatic nitrogens is 1. The predicted octanol–water partition coefficient (Wildman–Crippen LogP) is 3.71. The molecule has 1 N–H and O–H groups in total. The van der Waals surface area contributed by atoms with E-state index in [9.17, 15) is 4.79 Å². The first-order valence-electron chi connectivity index (χ1n) is 8.56. The number of ether oxygens (including phenoxy) is 2. The maximum absolute atomic E-state index is 12.7. The minimum atomic E-state index is -0.749. The van der Waals surface area contributed by atoms with E-state index in [0.29, 0.717) is 30.7 Å². The van der Waals surface area contributed by atoms with E-state index < -0.39 is 5.60 Å². The Bertz CT molecular complexity index is 543. The van der Waals surface area contributed by atoms with Gasteiger partial charge in [-0.1, -0.05) is 13.8 Å². The lowest BCUT2D eigenvalue weighted by molar-refractivity contribution is -0.142. The summed E-state index contributed by atoms with van der Waals surface area (Å²) in [4.78, 5) is 17.0. The lowest BCUT2D eigenvalue weighted by Gasteiger charge is -2.28. The SMILES string of the molecule is CCCOc1ncc(NC(=O)[C@@](C)(OCCC)C2CC2)cc1C. The third-order valence-corrected chi connectivity index (χ3v) is 4.14. The average Bonchev–Trinajstić information content (AvgIpc) is 3.37. The number of carbonyl (C=O) groups excluding carboxylic acids is 1. The van der Waals surface area contributed by atoms with Gasteiger partial charge in [-0.3, -0.25) is 4.79 Å². The van der Waals surface area contributed by atoms with Gasteiger partial charge >= 0.3 is 0 Å². The molecule has 1 amide bonds. The minimum absolute atomic E-state index is 0.0862. The third kappa shape index (κ3) is 4.44. The molecule has 1 saturated carbocycles.